The number of aromatic nitrogens is 2. The minimum Gasteiger partial charge on any atom is -0.310 e. The van der Waals surface area contributed by atoms with Crippen LogP contribution in [0, 0.1) is 6.92 Å². The number of thioether (sulfide) groups is 1. The fraction of sp³-hybridized carbons (Fsp3) is 0.286. The summed E-state index contributed by atoms with van der Waals surface area (Å²) < 4.78 is 1.73. The molecule has 0 unspecified atom stereocenters. The van der Waals surface area contributed by atoms with E-state index >= 15 is 0 Å². The second-order valence-corrected chi connectivity index (χ2v) is 6.29. The summed E-state index contributed by atoms with van der Waals surface area (Å²) in [4.78, 5) is 11.8. The third-order valence-electron chi connectivity index (χ3n) is 3.34. The van der Waals surface area contributed by atoms with E-state index < -0.39 is 0 Å². The number of carbonyl (C=O) groups excluding carboxylic acids is 1. The van der Waals surface area contributed by atoms with Crippen molar-refractivity contribution in [3.05, 3.63) is 46.1 Å². The zero-order valence-corrected chi connectivity index (χ0v) is 12.8. The normalized spacial score (nSPS) is 18.4. The molecule has 0 saturated heterocycles. The van der Waals surface area contributed by atoms with E-state index in [-0.39, 0.29) is 11.2 Å². The third kappa shape index (κ3) is 2.31. The van der Waals surface area contributed by atoms with Crippen molar-refractivity contribution in [1.29, 1.82) is 0 Å². The van der Waals surface area contributed by atoms with Crippen LogP contribution in [0.4, 0.5) is 5.82 Å². The molecule has 1 aliphatic rings. The Morgan fingerprint density at radius 3 is 2.80 bits per heavy atom. The molecule has 3 rings (SSSR count). The monoisotopic (exact) mass is 307 g/mol. The lowest BCUT2D eigenvalue weighted by Gasteiger charge is -2.15. The van der Waals surface area contributed by atoms with Crippen molar-refractivity contribution in [3.8, 4) is 0 Å². The molecule has 1 amide bonds. The van der Waals surface area contributed by atoms with Crippen molar-refractivity contribution < 1.29 is 4.79 Å². The first-order valence-electron chi connectivity index (χ1n) is 6.26. The molecule has 20 heavy (non-hydrogen) atoms. The van der Waals surface area contributed by atoms with E-state index in [1.54, 1.807) is 16.4 Å². The van der Waals surface area contributed by atoms with Gasteiger partial charge in [-0.2, -0.15) is 5.10 Å². The van der Waals surface area contributed by atoms with Gasteiger partial charge >= 0.3 is 0 Å². The molecule has 1 atom stereocenters. The highest BCUT2D eigenvalue weighted by molar-refractivity contribution is 8.00. The SMILES string of the molecule is Cc1nn(C)c2c1[C@@H](c1ccc(Cl)cc1)SCC(=O)N2. The Labute approximate surface area is 126 Å². The van der Waals surface area contributed by atoms with Gasteiger partial charge in [-0.3, -0.25) is 9.48 Å². The Balaban J connectivity index is 2.12. The molecule has 0 bridgehead atoms. The van der Waals surface area contributed by atoms with Crippen molar-refractivity contribution in [2.75, 3.05) is 11.1 Å². The number of aryl methyl sites for hydroxylation is 2. The van der Waals surface area contributed by atoms with Gasteiger partial charge in [0.1, 0.15) is 5.82 Å². The first kappa shape index (κ1) is 13.5. The molecular formula is C14H14ClN3OS. The lowest BCUT2D eigenvalue weighted by Crippen LogP contribution is -2.15. The molecular weight excluding hydrogens is 294 g/mol. The fourth-order valence-electron chi connectivity index (χ4n) is 2.45. The summed E-state index contributed by atoms with van der Waals surface area (Å²) in [5.41, 5.74) is 3.15. The molecule has 0 aliphatic carbocycles. The summed E-state index contributed by atoms with van der Waals surface area (Å²) in [5, 5.41) is 8.17. The summed E-state index contributed by atoms with van der Waals surface area (Å²) in [6, 6.07) is 7.77. The predicted molar refractivity (Wildman–Crippen MR) is 82.3 cm³/mol. The second-order valence-electron chi connectivity index (χ2n) is 4.76. The summed E-state index contributed by atoms with van der Waals surface area (Å²) in [6.07, 6.45) is 0. The molecule has 0 saturated carbocycles. The van der Waals surface area contributed by atoms with Crippen LogP contribution in [0.1, 0.15) is 22.1 Å². The topological polar surface area (TPSA) is 46.9 Å². The Bertz CT molecular complexity index is 666. The van der Waals surface area contributed by atoms with Crippen LogP contribution in [0.15, 0.2) is 24.3 Å². The van der Waals surface area contributed by atoms with E-state index in [0.29, 0.717) is 10.8 Å². The van der Waals surface area contributed by atoms with Crippen molar-refractivity contribution in [2.24, 2.45) is 7.05 Å². The van der Waals surface area contributed by atoms with E-state index in [4.69, 9.17) is 11.6 Å². The van der Waals surface area contributed by atoms with Gasteiger partial charge in [0, 0.05) is 17.6 Å². The Kier molecular flexibility index (Phi) is 3.48. The quantitative estimate of drug-likeness (QED) is 0.880. The molecule has 104 valence electrons. The van der Waals surface area contributed by atoms with Crippen molar-refractivity contribution in [2.45, 2.75) is 12.2 Å². The third-order valence-corrected chi connectivity index (χ3v) is 4.86. The van der Waals surface area contributed by atoms with Gasteiger partial charge in [-0.15, -0.1) is 11.8 Å². The smallest absolute Gasteiger partial charge is 0.235 e. The van der Waals surface area contributed by atoms with Gasteiger partial charge in [-0.05, 0) is 24.6 Å². The number of hydrogen-bond acceptors (Lipinski definition) is 3. The molecule has 2 aromatic rings. The summed E-state index contributed by atoms with van der Waals surface area (Å²) in [6.45, 7) is 1.97. The zero-order chi connectivity index (χ0) is 14.3. The van der Waals surface area contributed by atoms with Crippen molar-refractivity contribution >= 4 is 35.1 Å². The number of nitrogens with one attached hydrogen (secondary N) is 1. The first-order valence-corrected chi connectivity index (χ1v) is 7.69. The Morgan fingerprint density at radius 1 is 1.40 bits per heavy atom. The Morgan fingerprint density at radius 2 is 2.10 bits per heavy atom. The summed E-state index contributed by atoms with van der Waals surface area (Å²) in [7, 11) is 1.85. The van der Waals surface area contributed by atoms with Gasteiger partial charge in [0.15, 0.2) is 0 Å². The standard InChI is InChI=1S/C14H14ClN3OS/c1-8-12-13(9-3-5-10(15)6-4-9)20-7-11(19)16-14(12)18(2)17-8/h3-6,13H,7H2,1-2H3,(H,16,19)/t13-/m1/s1. The van der Waals surface area contributed by atoms with E-state index in [1.165, 1.54) is 0 Å². The van der Waals surface area contributed by atoms with E-state index in [2.05, 4.69) is 10.4 Å². The molecule has 4 nitrogen and oxygen atoms in total. The number of anilines is 1. The minimum atomic E-state index is 0.00992. The molecule has 0 spiro atoms. The van der Waals surface area contributed by atoms with E-state index in [1.807, 2.05) is 38.2 Å². The van der Waals surface area contributed by atoms with Crippen LogP contribution in [-0.2, 0) is 11.8 Å². The highest BCUT2D eigenvalue weighted by atomic mass is 35.5. The number of fused-ring (bicyclic) bond motifs is 1. The van der Waals surface area contributed by atoms with Crippen LogP contribution in [0.5, 0.6) is 0 Å². The lowest BCUT2D eigenvalue weighted by molar-refractivity contribution is -0.113. The van der Waals surface area contributed by atoms with Crippen LogP contribution in [0.2, 0.25) is 5.02 Å². The molecule has 1 aromatic carbocycles. The van der Waals surface area contributed by atoms with Crippen LogP contribution in [-0.4, -0.2) is 21.4 Å². The maximum Gasteiger partial charge on any atom is 0.235 e. The highest BCUT2D eigenvalue weighted by Gasteiger charge is 2.29. The summed E-state index contributed by atoms with van der Waals surface area (Å²) in [5.74, 6) is 1.23. The predicted octanol–water partition coefficient (Wildman–Crippen LogP) is 3.16. The first-order chi connectivity index (χ1) is 9.56. The number of hydrogen-bond donors (Lipinski definition) is 1. The van der Waals surface area contributed by atoms with Crippen LogP contribution >= 0.6 is 23.4 Å². The van der Waals surface area contributed by atoms with Gasteiger partial charge in [0.25, 0.3) is 0 Å². The Hall–Kier alpha value is -1.46. The number of halogens is 1. The molecule has 2 heterocycles. The lowest BCUT2D eigenvalue weighted by atomic mass is 10.0. The average Bonchev–Trinajstić information content (AvgIpc) is 2.60. The molecule has 1 aromatic heterocycles. The van der Waals surface area contributed by atoms with Gasteiger partial charge in [0.2, 0.25) is 5.91 Å². The number of benzene rings is 1. The molecule has 0 fully saturated rings. The fourth-order valence-corrected chi connectivity index (χ4v) is 3.76. The molecule has 6 heteroatoms. The maximum absolute atomic E-state index is 11.8. The van der Waals surface area contributed by atoms with Crippen LogP contribution in [0.3, 0.4) is 0 Å². The van der Waals surface area contributed by atoms with Crippen LogP contribution < -0.4 is 5.32 Å². The van der Waals surface area contributed by atoms with Gasteiger partial charge in [-0.1, -0.05) is 23.7 Å². The number of rotatable bonds is 1. The largest absolute Gasteiger partial charge is 0.310 e. The summed E-state index contributed by atoms with van der Waals surface area (Å²) >= 11 is 7.56. The van der Waals surface area contributed by atoms with Gasteiger partial charge in [0.05, 0.1) is 16.7 Å². The molecule has 1 N–H and O–H groups in total. The molecule has 0 radical (unpaired) electrons. The van der Waals surface area contributed by atoms with Crippen molar-refractivity contribution in [3.63, 3.8) is 0 Å². The van der Waals surface area contributed by atoms with E-state index in [0.717, 1.165) is 22.6 Å². The second kappa shape index (κ2) is 5.14. The number of nitrogens with zero attached hydrogens (tertiary/aromatic N) is 2. The average molecular weight is 308 g/mol. The maximum atomic E-state index is 11.8. The van der Waals surface area contributed by atoms with Gasteiger partial charge in [-0.25, -0.2) is 0 Å². The van der Waals surface area contributed by atoms with E-state index in [9.17, 15) is 4.79 Å². The highest BCUT2D eigenvalue weighted by Crippen LogP contribution is 2.42. The number of carbonyl (C=O) groups is 1. The minimum absolute atomic E-state index is 0.00992. The zero-order valence-electron chi connectivity index (χ0n) is 11.2. The van der Waals surface area contributed by atoms with Crippen molar-refractivity contribution in [1.82, 2.24) is 9.78 Å². The molecule has 1 aliphatic heterocycles. The van der Waals surface area contributed by atoms with Crippen LogP contribution in [0.25, 0.3) is 0 Å². The number of amides is 1. The van der Waals surface area contributed by atoms with Gasteiger partial charge < -0.3 is 5.32 Å².